The molecule has 0 unspecified atom stereocenters. The lowest BCUT2D eigenvalue weighted by Crippen LogP contribution is -2.25. The molecule has 0 atom stereocenters. The van der Waals surface area contributed by atoms with Crippen LogP contribution in [0.25, 0.3) is 0 Å². The third-order valence-electron chi connectivity index (χ3n) is 0.943. The highest BCUT2D eigenvalue weighted by Gasteiger charge is 2.18. The van der Waals surface area contributed by atoms with Crippen LogP contribution in [-0.4, -0.2) is 28.1 Å². The number of rotatable bonds is 3. The standard InChI is InChI=1S/C6H9NO4S/c1-3-11-6(10)7(12)4(2)5(8)9/h12H,2-3H2,1H3,(H,8,9). The summed E-state index contributed by atoms with van der Waals surface area (Å²) in [6.07, 6.45) is -0.853. The molecule has 0 aromatic carbocycles. The predicted molar refractivity (Wildman–Crippen MR) is 44.6 cm³/mol. The van der Waals surface area contributed by atoms with Gasteiger partial charge in [0.15, 0.2) is 0 Å². The number of amides is 1. The number of carbonyl (C=O) groups is 2. The molecule has 0 bridgehead atoms. The van der Waals surface area contributed by atoms with Gasteiger partial charge in [0.1, 0.15) is 5.70 Å². The van der Waals surface area contributed by atoms with E-state index in [2.05, 4.69) is 24.1 Å². The van der Waals surface area contributed by atoms with Gasteiger partial charge in [0.05, 0.1) is 6.61 Å². The first kappa shape index (κ1) is 10.8. The lowest BCUT2D eigenvalue weighted by Gasteiger charge is -2.13. The number of hydrogen-bond donors (Lipinski definition) is 2. The third kappa shape index (κ3) is 2.83. The summed E-state index contributed by atoms with van der Waals surface area (Å²) in [4.78, 5) is 21.0. The van der Waals surface area contributed by atoms with Crippen molar-refractivity contribution in [1.82, 2.24) is 4.31 Å². The van der Waals surface area contributed by atoms with E-state index >= 15 is 0 Å². The average Bonchev–Trinajstić information content (AvgIpc) is 2.02. The summed E-state index contributed by atoms with van der Waals surface area (Å²) >= 11 is 3.57. The molecule has 0 aliphatic rings. The van der Waals surface area contributed by atoms with Crippen LogP contribution < -0.4 is 0 Å². The molecule has 6 heteroatoms. The first-order valence-electron chi connectivity index (χ1n) is 3.08. The molecule has 0 aromatic heterocycles. The number of thiol groups is 1. The molecular formula is C6H9NO4S. The van der Waals surface area contributed by atoms with Crippen LogP contribution in [0.5, 0.6) is 0 Å². The minimum Gasteiger partial charge on any atom is -0.477 e. The summed E-state index contributed by atoms with van der Waals surface area (Å²) in [5.74, 6) is -1.32. The van der Waals surface area contributed by atoms with Crippen LogP contribution in [0.4, 0.5) is 4.79 Å². The Bertz CT molecular complexity index is 216. The largest absolute Gasteiger partial charge is 0.477 e. The van der Waals surface area contributed by atoms with Crippen molar-refractivity contribution in [3.63, 3.8) is 0 Å². The summed E-state index contributed by atoms with van der Waals surface area (Å²) in [6.45, 7) is 4.86. The Morgan fingerprint density at radius 1 is 1.67 bits per heavy atom. The zero-order chi connectivity index (χ0) is 9.72. The second-order valence-corrected chi connectivity index (χ2v) is 2.16. The van der Waals surface area contributed by atoms with E-state index in [1.807, 2.05) is 0 Å². The fraction of sp³-hybridized carbons (Fsp3) is 0.333. The molecule has 0 saturated carbocycles. The highest BCUT2D eigenvalue weighted by Crippen LogP contribution is 2.07. The summed E-state index contributed by atoms with van der Waals surface area (Å²) in [5, 5.41) is 8.37. The van der Waals surface area contributed by atoms with Gasteiger partial charge in [-0.15, -0.1) is 0 Å². The minimum absolute atomic E-state index is 0.156. The van der Waals surface area contributed by atoms with Crippen molar-refractivity contribution in [2.45, 2.75) is 6.92 Å². The first-order chi connectivity index (χ1) is 5.50. The summed E-state index contributed by atoms with van der Waals surface area (Å²) < 4.78 is 4.99. The number of carboxylic acid groups (broad SMARTS) is 1. The third-order valence-corrected chi connectivity index (χ3v) is 1.35. The zero-order valence-electron chi connectivity index (χ0n) is 6.48. The maximum atomic E-state index is 10.8. The van der Waals surface area contributed by atoms with Crippen molar-refractivity contribution in [1.29, 1.82) is 0 Å². The van der Waals surface area contributed by atoms with Crippen LogP contribution in [0.3, 0.4) is 0 Å². The smallest absolute Gasteiger partial charge is 0.424 e. The molecule has 12 heavy (non-hydrogen) atoms. The lowest BCUT2D eigenvalue weighted by atomic mass is 10.5. The minimum atomic E-state index is -1.32. The van der Waals surface area contributed by atoms with E-state index in [9.17, 15) is 9.59 Å². The van der Waals surface area contributed by atoms with E-state index in [4.69, 9.17) is 5.11 Å². The number of hydrogen-bond acceptors (Lipinski definition) is 4. The highest BCUT2D eigenvalue weighted by molar-refractivity contribution is 7.78. The molecule has 0 saturated heterocycles. The van der Waals surface area contributed by atoms with Crippen molar-refractivity contribution in [3.8, 4) is 0 Å². The Morgan fingerprint density at radius 2 is 2.17 bits per heavy atom. The number of ether oxygens (including phenoxy) is 1. The van der Waals surface area contributed by atoms with Gasteiger partial charge in [0.2, 0.25) is 0 Å². The summed E-state index contributed by atoms with van der Waals surface area (Å²) in [7, 11) is 0. The van der Waals surface area contributed by atoms with Crippen molar-refractivity contribution < 1.29 is 19.4 Å². The molecule has 0 aliphatic carbocycles. The predicted octanol–water partition coefficient (Wildman–Crippen LogP) is 0.888. The van der Waals surface area contributed by atoms with Gasteiger partial charge in [0, 0.05) is 0 Å². The second-order valence-electron chi connectivity index (χ2n) is 1.76. The molecule has 0 radical (unpaired) electrons. The van der Waals surface area contributed by atoms with Crippen LogP contribution in [0, 0.1) is 0 Å². The Hall–Kier alpha value is -1.17. The molecule has 0 rings (SSSR count). The molecule has 1 amide bonds. The van der Waals surface area contributed by atoms with E-state index in [1.54, 1.807) is 6.92 Å². The van der Waals surface area contributed by atoms with Gasteiger partial charge in [-0.05, 0) is 6.92 Å². The molecule has 0 heterocycles. The Labute approximate surface area is 75.2 Å². The fourth-order valence-corrected chi connectivity index (χ4v) is 0.529. The molecule has 0 fully saturated rings. The van der Waals surface area contributed by atoms with E-state index in [0.717, 1.165) is 0 Å². The Morgan fingerprint density at radius 3 is 2.50 bits per heavy atom. The van der Waals surface area contributed by atoms with Gasteiger partial charge in [-0.2, -0.15) is 0 Å². The molecule has 0 aliphatic heterocycles. The lowest BCUT2D eigenvalue weighted by molar-refractivity contribution is -0.133. The second kappa shape index (κ2) is 4.66. The number of aliphatic carboxylic acids is 1. The Kier molecular flexibility index (Phi) is 4.20. The van der Waals surface area contributed by atoms with Gasteiger partial charge in [-0.1, -0.05) is 19.4 Å². The summed E-state index contributed by atoms with van der Waals surface area (Å²) in [5.41, 5.74) is -0.447. The van der Waals surface area contributed by atoms with Gasteiger partial charge < -0.3 is 9.84 Å². The number of carbonyl (C=O) groups excluding carboxylic acids is 1. The number of nitrogens with zero attached hydrogens (tertiary/aromatic N) is 1. The monoisotopic (exact) mass is 191 g/mol. The van der Waals surface area contributed by atoms with Gasteiger partial charge >= 0.3 is 12.1 Å². The van der Waals surface area contributed by atoms with Gasteiger partial charge in [0.25, 0.3) is 0 Å². The molecule has 68 valence electrons. The Balaban J connectivity index is 4.19. The topological polar surface area (TPSA) is 66.8 Å². The summed E-state index contributed by atoms with van der Waals surface area (Å²) in [6, 6.07) is 0. The maximum absolute atomic E-state index is 10.8. The van der Waals surface area contributed by atoms with Crippen LogP contribution >= 0.6 is 12.8 Å². The van der Waals surface area contributed by atoms with Crippen LogP contribution in [0.1, 0.15) is 6.92 Å². The van der Waals surface area contributed by atoms with Crippen molar-refractivity contribution in [2.24, 2.45) is 0 Å². The van der Waals surface area contributed by atoms with E-state index in [-0.39, 0.29) is 6.61 Å². The average molecular weight is 191 g/mol. The molecule has 5 nitrogen and oxygen atoms in total. The normalized spacial score (nSPS) is 8.83. The zero-order valence-corrected chi connectivity index (χ0v) is 7.38. The van der Waals surface area contributed by atoms with Crippen LogP contribution in [0.2, 0.25) is 0 Å². The first-order valence-corrected chi connectivity index (χ1v) is 3.48. The SMILES string of the molecule is C=C(C(=O)O)N(S)C(=O)OCC. The van der Waals surface area contributed by atoms with Crippen molar-refractivity contribution in [2.75, 3.05) is 6.61 Å². The van der Waals surface area contributed by atoms with Crippen molar-refractivity contribution >= 4 is 24.9 Å². The van der Waals surface area contributed by atoms with E-state index < -0.39 is 17.8 Å². The molecule has 0 aromatic rings. The fourth-order valence-electron chi connectivity index (χ4n) is 0.385. The van der Waals surface area contributed by atoms with E-state index in [1.165, 1.54) is 0 Å². The molecule has 0 spiro atoms. The van der Waals surface area contributed by atoms with Crippen LogP contribution in [-0.2, 0) is 9.53 Å². The molecule has 1 N–H and O–H groups in total. The number of carboxylic acids is 1. The van der Waals surface area contributed by atoms with Crippen LogP contribution in [0.15, 0.2) is 12.3 Å². The van der Waals surface area contributed by atoms with Gasteiger partial charge in [-0.25, -0.2) is 13.9 Å². The highest BCUT2D eigenvalue weighted by atomic mass is 32.1. The van der Waals surface area contributed by atoms with E-state index in [0.29, 0.717) is 4.31 Å². The quantitative estimate of drug-likeness (QED) is 0.513. The van der Waals surface area contributed by atoms with Gasteiger partial charge in [-0.3, -0.25) is 0 Å². The molecular weight excluding hydrogens is 182 g/mol. The maximum Gasteiger partial charge on any atom is 0.424 e. The van der Waals surface area contributed by atoms with Crippen molar-refractivity contribution in [3.05, 3.63) is 12.3 Å².